The van der Waals surface area contributed by atoms with Crippen molar-refractivity contribution in [3.05, 3.63) is 52.8 Å². The van der Waals surface area contributed by atoms with Crippen molar-refractivity contribution < 1.29 is 5.11 Å². The lowest BCUT2D eigenvalue weighted by atomic mass is 10.1. The van der Waals surface area contributed by atoms with E-state index in [1.165, 1.54) is 0 Å². The van der Waals surface area contributed by atoms with Gasteiger partial charge < -0.3 is 5.11 Å². The molecule has 84 valence electrons. The third-order valence-electron chi connectivity index (χ3n) is 2.38. The van der Waals surface area contributed by atoms with Crippen molar-refractivity contribution in [2.75, 3.05) is 0 Å². The summed E-state index contributed by atoms with van der Waals surface area (Å²) in [5.74, 6) is 0. The Labute approximate surface area is 99.3 Å². The summed E-state index contributed by atoms with van der Waals surface area (Å²) in [6, 6.07) is 11.3. The molecule has 1 aromatic heterocycles. The van der Waals surface area contributed by atoms with Crippen LogP contribution in [0.3, 0.4) is 0 Å². The number of aliphatic hydroxyl groups excluding tert-OH is 1. The van der Waals surface area contributed by atoms with Gasteiger partial charge in [-0.15, -0.1) is 0 Å². The highest BCUT2D eigenvalue weighted by molar-refractivity contribution is 6.29. The standard InChI is InChI=1S/C12H13ClN2O/c1-9-7-12(13)15(14-9)8-11(16)10-5-3-2-4-6-10/h2-7,11,16H,8H2,1H3/t11-/m1/s1. The lowest BCUT2D eigenvalue weighted by Crippen LogP contribution is -2.10. The molecule has 0 fully saturated rings. The van der Waals surface area contributed by atoms with E-state index in [2.05, 4.69) is 5.10 Å². The smallest absolute Gasteiger partial charge is 0.127 e. The van der Waals surface area contributed by atoms with Crippen LogP contribution in [0.2, 0.25) is 5.15 Å². The van der Waals surface area contributed by atoms with Crippen molar-refractivity contribution in [3.8, 4) is 0 Å². The van der Waals surface area contributed by atoms with E-state index < -0.39 is 6.10 Å². The average molecular weight is 237 g/mol. The van der Waals surface area contributed by atoms with E-state index in [1.807, 2.05) is 37.3 Å². The molecule has 1 heterocycles. The summed E-state index contributed by atoms with van der Waals surface area (Å²) in [4.78, 5) is 0. The molecule has 0 aliphatic rings. The highest BCUT2D eigenvalue weighted by Gasteiger charge is 2.10. The summed E-state index contributed by atoms with van der Waals surface area (Å²) in [7, 11) is 0. The minimum absolute atomic E-state index is 0.372. The summed E-state index contributed by atoms with van der Waals surface area (Å²) in [5.41, 5.74) is 1.72. The van der Waals surface area contributed by atoms with E-state index in [0.717, 1.165) is 11.3 Å². The monoisotopic (exact) mass is 236 g/mol. The quantitative estimate of drug-likeness (QED) is 0.890. The number of aliphatic hydroxyl groups is 1. The van der Waals surface area contributed by atoms with E-state index in [1.54, 1.807) is 10.7 Å². The molecule has 1 atom stereocenters. The van der Waals surface area contributed by atoms with Gasteiger partial charge in [0.15, 0.2) is 0 Å². The number of hydrogen-bond acceptors (Lipinski definition) is 2. The van der Waals surface area contributed by atoms with Gasteiger partial charge in [-0.2, -0.15) is 5.10 Å². The molecule has 0 saturated carbocycles. The van der Waals surface area contributed by atoms with Crippen molar-refractivity contribution in [2.24, 2.45) is 0 Å². The Bertz CT molecular complexity index is 467. The van der Waals surface area contributed by atoms with Gasteiger partial charge >= 0.3 is 0 Å². The Kier molecular flexibility index (Phi) is 3.27. The number of aryl methyl sites for hydroxylation is 1. The second kappa shape index (κ2) is 4.68. The molecule has 0 spiro atoms. The molecule has 0 unspecified atom stereocenters. The molecule has 0 bridgehead atoms. The number of halogens is 1. The van der Waals surface area contributed by atoms with Gasteiger partial charge in [0.05, 0.1) is 18.3 Å². The fraction of sp³-hybridized carbons (Fsp3) is 0.250. The zero-order chi connectivity index (χ0) is 11.5. The molecular weight excluding hydrogens is 224 g/mol. The maximum atomic E-state index is 9.99. The Morgan fingerprint density at radius 1 is 1.38 bits per heavy atom. The van der Waals surface area contributed by atoms with Gasteiger partial charge in [0, 0.05) is 0 Å². The van der Waals surface area contributed by atoms with E-state index >= 15 is 0 Å². The first-order valence-corrected chi connectivity index (χ1v) is 5.47. The van der Waals surface area contributed by atoms with Crippen LogP contribution in [0.5, 0.6) is 0 Å². The summed E-state index contributed by atoms with van der Waals surface area (Å²) < 4.78 is 1.61. The number of benzene rings is 1. The first-order valence-electron chi connectivity index (χ1n) is 5.10. The molecule has 0 aliphatic heterocycles. The lowest BCUT2D eigenvalue weighted by Gasteiger charge is -2.11. The van der Waals surface area contributed by atoms with E-state index in [9.17, 15) is 5.11 Å². The molecular formula is C12H13ClN2O. The van der Waals surface area contributed by atoms with Crippen molar-refractivity contribution in [2.45, 2.75) is 19.6 Å². The topological polar surface area (TPSA) is 38.0 Å². The number of aromatic nitrogens is 2. The molecule has 0 radical (unpaired) electrons. The van der Waals surface area contributed by atoms with Crippen LogP contribution >= 0.6 is 11.6 Å². The van der Waals surface area contributed by atoms with Crippen LogP contribution < -0.4 is 0 Å². The second-order valence-corrected chi connectivity index (χ2v) is 4.10. The van der Waals surface area contributed by atoms with Gasteiger partial charge in [0.2, 0.25) is 0 Å². The summed E-state index contributed by atoms with van der Waals surface area (Å²) in [6.45, 7) is 2.24. The molecule has 2 rings (SSSR count). The summed E-state index contributed by atoms with van der Waals surface area (Å²) >= 11 is 5.97. The Balaban J connectivity index is 2.14. The van der Waals surface area contributed by atoms with Gasteiger partial charge in [-0.3, -0.25) is 4.68 Å². The Morgan fingerprint density at radius 3 is 2.62 bits per heavy atom. The van der Waals surface area contributed by atoms with Crippen LogP contribution in [-0.2, 0) is 6.54 Å². The van der Waals surface area contributed by atoms with Crippen molar-refractivity contribution in [3.63, 3.8) is 0 Å². The molecule has 16 heavy (non-hydrogen) atoms. The number of hydrogen-bond donors (Lipinski definition) is 1. The van der Waals surface area contributed by atoms with Crippen molar-refractivity contribution >= 4 is 11.6 Å². The predicted octanol–water partition coefficient (Wildman–Crippen LogP) is 2.58. The SMILES string of the molecule is Cc1cc(Cl)n(C[C@@H](O)c2ccccc2)n1. The lowest BCUT2D eigenvalue weighted by molar-refractivity contribution is 0.151. The van der Waals surface area contributed by atoms with E-state index in [4.69, 9.17) is 11.6 Å². The highest BCUT2D eigenvalue weighted by Crippen LogP contribution is 2.17. The second-order valence-electron chi connectivity index (χ2n) is 3.72. The number of nitrogens with zero attached hydrogens (tertiary/aromatic N) is 2. The maximum Gasteiger partial charge on any atom is 0.127 e. The molecule has 0 amide bonds. The Morgan fingerprint density at radius 2 is 2.06 bits per heavy atom. The van der Waals surface area contributed by atoms with Crippen LogP contribution in [0.1, 0.15) is 17.4 Å². The summed E-state index contributed by atoms with van der Waals surface area (Å²) in [5, 5.41) is 14.7. The molecule has 1 N–H and O–H groups in total. The molecule has 3 nitrogen and oxygen atoms in total. The zero-order valence-corrected chi connectivity index (χ0v) is 9.72. The van der Waals surface area contributed by atoms with Crippen LogP contribution in [0, 0.1) is 6.92 Å². The third-order valence-corrected chi connectivity index (χ3v) is 2.69. The fourth-order valence-electron chi connectivity index (χ4n) is 1.59. The first kappa shape index (κ1) is 11.2. The number of rotatable bonds is 3. The minimum atomic E-state index is -0.585. The molecule has 1 aromatic carbocycles. The van der Waals surface area contributed by atoms with Gasteiger partial charge in [-0.25, -0.2) is 0 Å². The van der Waals surface area contributed by atoms with Gasteiger partial charge in [-0.1, -0.05) is 41.9 Å². The Hall–Kier alpha value is -1.32. The molecule has 0 aliphatic carbocycles. The largest absolute Gasteiger partial charge is 0.386 e. The van der Waals surface area contributed by atoms with E-state index in [-0.39, 0.29) is 0 Å². The maximum absolute atomic E-state index is 9.99. The van der Waals surface area contributed by atoms with Gasteiger partial charge in [-0.05, 0) is 18.6 Å². The molecule has 4 heteroatoms. The van der Waals surface area contributed by atoms with Crippen molar-refractivity contribution in [1.82, 2.24) is 9.78 Å². The normalized spacial score (nSPS) is 12.7. The van der Waals surface area contributed by atoms with Crippen LogP contribution in [0.25, 0.3) is 0 Å². The van der Waals surface area contributed by atoms with Crippen LogP contribution in [-0.4, -0.2) is 14.9 Å². The summed E-state index contributed by atoms with van der Waals surface area (Å²) in [6.07, 6.45) is -0.585. The average Bonchev–Trinajstić information content (AvgIpc) is 2.59. The van der Waals surface area contributed by atoms with Crippen molar-refractivity contribution in [1.29, 1.82) is 0 Å². The van der Waals surface area contributed by atoms with Crippen LogP contribution in [0.15, 0.2) is 36.4 Å². The first-order chi connectivity index (χ1) is 7.66. The molecule has 0 saturated heterocycles. The fourth-order valence-corrected chi connectivity index (χ4v) is 1.85. The molecule has 2 aromatic rings. The van der Waals surface area contributed by atoms with Gasteiger partial charge in [0.1, 0.15) is 5.15 Å². The van der Waals surface area contributed by atoms with Crippen LogP contribution in [0.4, 0.5) is 0 Å². The third kappa shape index (κ3) is 2.43. The predicted molar refractivity (Wildman–Crippen MR) is 63.4 cm³/mol. The van der Waals surface area contributed by atoms with Gasteiger partial charge in [0.25, 0.3) is 0 Å². The highest BCUT2D eigenvalue weighted by atomic mass is 35.5. The minimum Gasteiger partial charge on any atom is -0.386 e. The van der Waals surface area contributed by atoms with E-state index in [0.29, 0.717) is 11.7 Å². The zero-order valence-electron chi connectivity index (χ0n) is 8.97.